The van der Waals surface area contributed by atoms with Crippen molar-refractivity contribution >= 4 is 45.0 Å². The molecule has 1 unspecified atom stereocenters. The predicted octanol–water partition coefficient (Wildman–Crippen LogP) is 3.13. The molecular formula is C11H12BrCl2NO2. The number of alkyl halides is 1. The Morgan fingerprint density at radius 1 is 1.47 bits per heavy atom. The van der Waals surface area contributed by atoms with Gasteiger partial charge in [0.15, 0.2) is 0 Å². The molecule has 0 spiro atoms. The molecule has 0 bridgehead atoms. The summed E-state index contributed by atoms with van der Waals surface area (Å²) in [6, 6.07) is 4.82. The molecule has 6 heteroatoms. The molecule has 1 atom stereocenters. The molecule has 1 amide bonds. The van der Waals surface area contributed by atoms with Crippen LogP contribution < -0.4 is 5.32 Å². The lowest BCUT2D eigenvalue weighted by Gasteiger charge is -2.16. The molecule has 0 saturated carbocycles. The van der Waals surface area contributed by atoms with Gasteiger partial charge in [-0.1, -0.05) is 45.2 Å². The summed E-state index contributed by atoms with van der Waals surface area (Å²) in [7, 11) is 1.57. The molecule has 0 aliphatic heterocycles. The minimum atomic E-state index is -0.304. The molecule has 0 aliphatic carbocycles. The molecule has 1 aromatic rings. The maximum atomic E-state index is 12.0. The first-order chi connectivity index (χ1) is 8.10. The van der Waals surface area contributed by atoms with Crippen LogP contribution in [0.5, 0.6) is 0 Å². The summed E-state index contributed by atoms with van der Waals surface area (Å²) in [6.07, 6.45) is 0. The highest BCUT2D eigenvalue weighted by Gasteiger charge is 2.17. The summed E-state index contributed by atoms with van der Waals surface area (Å²) >= 11 is 15.2. The number of hydrogen-bond donors (Lipinski definition) is 1. The molecule has 17 heavy (non-hydrogen) atoms. The Labute approximate surface area is 119 Å². The number of amides is 1. The summed E-state index contributed by atoms with van der Waals surface area (Å²) in [5.74, 6) is -0.304. The first-order valence-electron chi connectivity index (χ1n) is 4.90. The van der Waals surface area contributed by atoms with Crippen molar-refractivity contribution in [3.05, 3.63) is 33.8 Å². The summed E-state index contributed by atoms with van der Waals surface area (Å²) in [6.45, 7) is 0.416. The van der Waals surface area contributed by atoms with Gasteiger partial charge < -0.3 is 10.1 Å². The molecule has 0 saturated heterocycles. The average molecular weight is 341 g/mol. The normalized spacial score (nSPS) is 12.2. The van der Waals surface area contributed by atoms with Crippen molar-refractivity contribution in [1.82, 2.24) is 5.32 Å². The van der Waals surface area contributed by atoms with E-state index in [4.69, 9.17) is 27.9 Å². The van der Waals surface area contributed by atoms with Gasteiger partial charge in [0.2, 0.25) is 0 Å². The van der Waals surface area contributed by atoms with Gasteiger partial charge in [0.1, 0.15) is 0 Å². The minimum absolute atomic E-state index is 0.125. The number of carbonyl (C=O) groups is 1. The van der Waals surface area contributed by atoms with Gasteiger partial charge in [-0.15, -0.1) is 0 Å². The Bertz CT molecular complexity index is 381. The molecule has 3 nitrogen and oxygen atoms in total. The molecule has 1 aromatic carbocycles. The molecule has 0 heterocycles. The van der Waals surface area contributed by atoms with Crippen LogP contribution >= 0.6 is 39.1 Å². The SMILES string of the molecule is COCC(CBr)NC(=O)c1c(Cl)cccc1Cl. The fourth-order valence-electron chi connectivity index (χ4n) is 1.30. The van der Waals surface area contributed by atoms with Gasteiger partial charge in [-0.3, -0.25) is 4.79 Å². The number of methoxy groups -OCH3 is 1. The van der Waals surface area contributed by atoms with Gasteiger partial charge >= 0.3 is 0 Å². The van der Waals surface area contributed by atoms with E-state index in [0.29, 0.717) is 22.0 Å². The van der Waals surface area contributed by atoms with Crippen LogP contribution in [0.1, 0.15) is 10.4 Å². The molecule has 0 aromatic heterocycles. The molecule has 0 fully saturated rings. The highest BCUT2D eigenvalue weighted by atomic mass is 79.9. The zero-order chi connectivity index (χ0) is 12.8. The topological polar surface area (TPSA) is 38.3 Å². The highest BCUT2D eigenvalue weighted by molar-refractivity contribution is 9.09. The van der Waals surface area contributed by atoms with E-state index in [-0.39, 0.29) is 17.5 Å². The van der Waals surface area contributed by atoms with E-state index < -0.39 is 0 Å². The first kappa shape index (κ1) is 14.8. The van der Waals surface area contributed by atoms with Crippen molar-refractivity contribution in [2.75, 3.05) is 19.0 Å². The van der Waals surface area contributed by atoms with Crippen LogP contribution in [0.4, 0.5) is 0 Å². The van der Waals surface area contributed by atoms with Gasteiger partial charge in [0, 0.05) is 12.4 Å². The van der Waals surface area contributed by atoms with E-state index in [1.807, 2.05) is 0 Å². The number of rotatable bonds is 5. The Morgan fingerprint density at radius 3 is 2.53 bits per heavy atom. The average Bonchev–Trinajstić information content (AvgIpc) is 2.28. The van der Waals surface area contributed by atoms with Crippen molar-refractivity contribution in [3.8, 4) is 0 Å². The number of nitrogens with one attached hydrogen (secondary N) is 1. The minimum Gasteiger partial charge on any atom is -0.383 e. The Balaban J connectivity index is 2.82. The molecule has 1 N–H and O–H groups in total. The number of hydrogen-bond acceptors (Lipinski definition) is 2. The molecule has 94 valence electrons. The second-order valence-electron chi connectivity index (χ2n) is 3.38. The number of benzene rings is 1. The van der Waals surface area contributed by atoms with Gasteiger partial charge in [-0.05, 0) is 12.1 Å². The molecule has 1 rings (SSSR count). The second kappa shape index (κ2) is 7.21. The van der Waals surface area contributed by atoms with Crippen LogP contribution in [0, 0.1) is 0 Å². The van der Waals surface area contributed by atoms with E-state index in [2.05, 4.69) is 21.2 Å². The Hall–Kier alpha value is -0.290. The van der Waals surface area contributed by atoms with Crippen molar-refractivity contribution < 1.29 is 9.53 Å². The third kappa shape index (κ3) is 4.14. The standard InChI is InChI=1S/C11H12BrCl2NO2/c1-17-6-7(5-12)15-11(16)10-8(13)3-2-4-9(10)14/h2-4,7H,5-6H2,1H3,(H,15,16). The van der Waals surface area contributed by atoms with Crippen LogP contribution in [0.15, 0.2) is 18.2 Å². The maximum Gasteiger partial charge on any atom is 0.254 e. The Kier molecular flexibility index (Phi) is 6.27. The molecule has 0 aliphatic rings. The number of ether oxygens (including phenoxy) is 1. The molecular weight excluding hydrogens is 329 g/mol. The summed E-state index contributed by atoms with van der Waals surface area (Å²) < 4.78 is 4.98. The van der Waals surface area contributed by atoms with Crippen molar-refractivity contribution in [1.29, 1.82) is 0 Å². The van der Waals surface area contributed by atoms with E-state index in [1.165, 1.54) is 0 Å². The lowest BCUT2D eigenvalue weighted by molar-refractivity contribution is 0.0908. The van der Waals surface area contributed by atoms with E-state index in [9.17, 15) is 4.79 Å². The summed E-state index contributed by atoms with van der Waals surface area (Å²) in [5.41, 5.74) is 0.290. The summed E-state index contributed by atoms with van der Waals surface area (Å²) in [5, 5.41) is 4.05. The van der Waals surface area contributed by atoms with E-state index >= 15 is 0 Å². The number of halogens is 3. The first-order valence-corrected chi connectivity index (χ1v) is 6.77. The molecule has 0 radical (unpaired) electrons. The van der Waals surface area contributed by atoms with Crippen LogP contribution in [0.3, 0.4) is 0 Å². The second-order valence-corrected chi connectivity index (χ2v) is 4.84. The van der Waals surface area contributed by atoms with Crippen LogP contribution in [-0.4, -0.2) is 31.0 Å². The lowest BCUT2D eigenvalue weighted by Crippen LogP contribution is -2.39. The number of carbonyl (C=O) groups excluding carboxylic acids is 1. The Morgan fingerprint density at radius 2 is 2.06 bits per heavy atom. The van der Waals surface area contributed by atoms with Gasteiger partial charge in [-0.2, -0.15) is 0 Å². The van der Waals surface area contributed by atoms with E-state index in [0.717, 1.165) is 0 Å². The third-order valence-electron chi connectivity index (χ3n) is 2.08. The maximum absolute atomic E-state index is 12.0. The fourth-order valence-corrected chi connectivity index (χ4v) is 2.22. The van der Waals surface area contributed by atoms with Crippen LogP contribution in [0.25, 0.3) is 0 Å². The van der Waals surface area contributed by atoms with Gasteiger partial charge in [0.25, 0.3) is 5.91 Å². The van der Waals surface area contributed by atoms with Crippen LogP contribution in [-0.2, 0) is 4.74 Å². The zero-order valence-electron chi connectivity index (χ0n) is 9.17. The predicted molar refractivity (Wildman–Crippen MR) is 73.4 cm³/mol. The van der Waals surface area contributed by atoms with Crippen molar-refractivity contribution in [3.63, 3.8) is 0 Å². The highest BCUT2D eigenvalue weighted by Crippen LogP contribution is 2.24. The van der Waals surface area contributed by atoms with Crippen molar-refractivity contribution in [2.45, 2.75) is 6.04 Å². The fraction of sp³-hybridized carbons (Fsp3) is 0.364. The zero-order valence-corrected chi connectivity index (χ0v) is 12.3. The largest absolute Gasteiger partial charge is 0.383 e. The quantitative estimate of drug-likeness (QED) is 0.836. The van der Waals surface area contributed by atoms with Crippen LogP contribution in [0.2, 0.25) is 10.0 Å². The third-order valence-corrected chi connectivity index (χ3v) is 3.49. The smallest absolute Gasteiger partial charge is 0.254 e. The van der Waals surface area contributed by atoms with E-state index in [1.54, 1.807) is 25.3 Å². The monoisotopic (exact) mass is 339 g/mol. The van der Waals surface area contributed by atoms with Gasteiger partial charge in [0.05, 0.1) is 28.3 Å². The van der Waals surface area contributed by atoms with Crippen molar-refractivity contribution in [2.24, 2.45) is 0 Å². The van der Waals surface area contributed by atoms with Gasteiger partial charge in [-0.25, -0.2) is 0 Å². The summed E-state index contributed by atoms with van der Waals surface area (Å²) in [4.78, 5) is 12.0. The lowest BCUT2D eigenvalue weighted by atomic mass is 10.2.